The van der Waals surface area contributed by atoms with Crippen LogP contribution >= 0.6 is 0 Å². The maximum Gasteiger partial charge on any atom is 0.410 e. The van der Waals surface area contributed by atoms with E-state index in [0.29, 0.717) is 5.92 Å². The van der Waals surface area contributed by atoms with Gasteiger partial charge in [-0.1, -0.05) is 6.92 Å². The Bertz CT molecular complexity index is 302. The molecule has 2 aliphatic rings. The highest BCUT2D eigenvalue weighted by atomic mass is 16.6. The molecule has 16 heavy (non-hydrogen) atoms. The Labute approximate surface area is 96.6 Å². The summed E-state index contributed by atoms with van der Waals surface area (Å²) in [6.07, 6.45) is 0.417. The summed E-state index contributed by atoms with van der Waals surface area (Å²) in [6.45, 7) is 9.14. The first-order chi connectivity index (χ1) is 7.23. The SMILES string of the molecule is C[C@@H]1[C@@H](O)CC12CN(C(=O)OC(C)(C)C)C2. The van der Waals surface area contributed by atoms with Gasteiger partial charge in [0.1, 0.15) is 5.60 Å². The number of amides is 1. The number of carbonyl (C=O) groups is 1. The molecule has 1 saturated heterocycles. The summed E-state index contributed by atoms with van der Waals surface area (Å²) >= 11 is 0. The predicted octanol–water partition coefficient (Wildman–Crippen LogP) is 1.62. The van der Waals surface area contributed by atoms with Gasteiger partial charge in [-0.15, -0.1) is 0 Å². The first kappa shape index (κ1) is 11.7. The van der Waals surface area contributed by atoms with Gasteiger partial charge in [0.2, 0.25) is 0 Å². The van der Waals surface area contributed by atoms with Crippen LogP contribution in [-0.2, 0) is 4.74 Å². The summed E-state index contributed by atoms with van der Waals surface area (Å²) in [4.78, 5) is 13.4. The van der Waals surface area contributed by atoms with Crippen molar-refractivity contribution in [3.63, 3.8) is 0 Å². The topological polar surface area (TPSA) is 49.8 Å². The van der Waals surface area contributed by atoms with Gasteiger partial charge in [-0.05, 0) is 33.1 Å². The molecule has 4 heteroatoms. The smallest absolute Gasteiger partial charge is 0.410 e. The summed E-state index contributed by atoms with van der Waals surface area (Å²) in [7, 11) is 0. The molecule has 4 nitrogen and oxygen atoms in total. The van der Waals surface area contributed by atoms with Crippen molar-refractivity contribution in [2.45, 2.75) is 45.8 Å². The van der Waals surface area contributed by atoms with Gasteiger partial charge in [0.15, 0.2) is 0 Å². The molecule has 2 atom stereocenters. The summed E-state index contributed by atoms with van der Waals surface area (Å²) in [5.74, 6) is 0.311. The monoisotopic (exact) mass is 227 g/mol. The highest BCUT2D eigenvalue weighted by Crippen LogP contribution is 2.52. The van der Waals surface area contributed by atoms with Gasteiger partial charge in [-0.25, -0.2) is 4.79 Å². The third-order valence-electron chi connectivity index (χ3n) is 3.82. The molecule has 0 aromatic carbocycles. The van der Waals surface area contributed by atoms with Crippen molar-refractivity contribution >= 4 is 6.09 Å². The number of aliphatic hydroxyl groups is 1. The van der Waals surface area contributed by atoms with E-state index in [-0.39, 0.29) is 17.6 Å². The fourth-order valence-electron chi connectivity index (χ4n) is 2.61. The van der Waals surface area contributed by atoms with E-state index < -0.39 is 5.60 Å². The molecule has 1 spiro atoms. The van der Waals surface area contributed by atoms with Crippen molar-refractivity contribution in [1.29, 1.82) is 0 Å². The second-order valence-electron chi connectivity index (χ2n) is 6.26. The molecule has 1 aliphatic carbocycles. The van der Waals surface area contributed by atoms with Crippen molar-refractivity contribution in [3.8, 4) is 0 Å². The Morgan fingerprint density at radius 3 is 2.38 bits per heavy atom. The average Bonchev–Trinajstić information content (AvgIpc) is 2.06. The van der Waals surface area contributed by atoms with Crippen LogP contribution in [0, 0.1) is 11.3 Å². The molecule has 0 aromatic rings. The minimum atomic E-state index is -0.426. The number of aliphatic hydroxyl groups excluding tert-OH is 1. The van der Waals surface area contributed by atoms with Gasteiger partial charge in [-0.3, -0.25) is 0 Å². The van der Waals surface area contributed by atoms with E-state index in [1.54, 1.807) is 4.90 Å². The third-order valence-corrected chi connectivity index (χ3v) is 3.82. The lowest BCUT2D eigenvalue weighted by Crippen LogP contribution is -2.69. The van der Waals surface area contributed by atoms with Crippen molar-refractivity contribution in [2.75, 3.05) is 13.1 Å². The second-order valence-corrected chi connectivity index (χ2v) is 6.26. The summed E-state index contributed by atoms with van der Waals surface area (Å²) < 4.78 is 5.29. The molecular weight excluding hydrogens is 206 g/mol. The molecule has 1 N–H and O–H groups in total. The van der Waals surface area contributed by atoms with Crippen molar-refractivity contribution in [3.05, 3.63) is 0 Å². The van der Waals surface area contributed by atoms with Gasteiger partial charge >= 0.3 is 6.09 Å². The van der Waals surface area contributed by atoms with E-state index in [1.165, 1.54) is 0 Å². The molecule has 1 heterocycles. The molecule has 2 rings (SSSR count). The quantitative estimate of drug-likeness (QED) is 0.684. The van der Waals surface area contributed by atoms with Crippen LogP contribution in [0.4, 0.5) is 4.79 Å². The molecule has 1 saturated carbocycles. The second kappa shape index (κ2) is 3.36. The number of likely N-dealkylation sites (tertiary alicyclic amines) is 1. The standard InChI is InChI=1S/C12H21NO3/c1-8-9(14)5-12(8)6-13(7-12)10(15)16-11(2,3)4/h8-9,14H,5-7H2,1-4H3/t8-,9+/m1/s1. The van der Waals surface area contributed by atoms with Gasteiger partial charge in [0, 0.05) is 18.5 Å². The van der Waals surface area contributed by atoms with Crippen LogP contribution in [0.5, 0.6) is 0 Å². The Morgan fingerprint density at radius 1 is 1.44 bits per heavy atom. The molecule has 1 aliphatic heterocycles. The number of hydrogen-bond acceptors (Lipinski definition) is 3. The Hall–Kier alpha value is -0.770. The van der Waals surface area contributed by atoms with E-state index in [4.69, 9.17) is 4.74 Å². The molecule has 1 amide bonds. The zero-order valence-electron chi connectivity index (χ0n) is 10.5. The van der Waals surface area contributed by atoms with Gasteiger partial charge < -0.3 is 14.7 Å². The Morgan fingerprint density at radius 2 is 2.00 bits per heavy atom. The van der Waals surface area contributed by atoms with Crippen LogP contribution in [0.1, 0.15) is 34.1 Å². The van der Waals surface area contributed by atoms with Crippen molar-refractivity contribution in [1.82, 2.24) is 4.90 Å². The number of rotatable bonds is 0. The van der Waals surface area contributed by atoms with E-state index >= 15 is 0 Å². The average molecular weight is 227 g/mol. The fourth-order valence-corrected chi connectivity index (χ4v) is 2.61. The van der Waals surface area contributed by atoms with Crippen LogP contribution in [0.25, 0.3) is 0 Å². The fraction of sp³-hybridized carbons (Fsp3) is 0.917. The molecule has 0 radical (unpaired) electrons. The highest BCUT2D eigenvalue weighted by molar-refractivity contribution is 5.69. The highest BCUT2D eigenvalue weighted by Gasteiger charge is 2.59. The molecule has 2 fully saturated rings. The first-order valence-electron chi connectivity index (χ1n) is 5.89. The zero-order valence-corrected chi connectivity index (χ0v) is 10.5. The van der Waals surface area contributed by atoms with Gasteiger partial charge in [0.05, 0.1) is 6.10 Å². The van der Waals surface area contributed by atoms with Crippen LogP contribution in [0.15, 0.2) is 0 Å². The normalized spacial score (nSPS) is 31.9. The molecule has 0 aromatic heterocycles. The van der Waals surface area contributed by atoms with Gasteiger partial charge in [0.25, 0.3) is 0 Å². The molecular formula is C12H21NO3. The van der Waals surface area contributed by atoms with Crippen molar-refractivity contribution < 1.29 is 14.6 Å². The lowest BCUT2D eigenvalue weighted by Gasteiger charge is -2.61. The largest absolute Gasteiger partial charge is 0.444 e. The number of hydrogen-bond donors (Lipinski definition) is 1. The zero-order chi connectivity index (χ0) is 12.1. The maximum atomic E-state index is 11.7. The Balaban J connectivity index is 1.83. The first-order valence-corrected chi connectivity index (χ1v) is 5.89. The third kappa shape index (κ3) is 1.79. The van der Waals surface area contributed by atoms with Crippen LogP contribution in [0.3, 0.4) is 0 Å². The lowest BCUT2D eigenvalue weighted by molar-refractivity contribution is -0.172. The maximum absolute atomic E-state index is 11.7. The van der Waals surface area contributed by atoms with E-state index in [9.17, 15) is 9.90 Å². The lowest BCUT2D eigenvalue weighted by atomic mass is 9.55. The van der Waals surface area contributed by atoms with E-state index in [2.05, 4.69) is 6.92 Å². The number of nitrogens with zero attached hydrogens (tertiary/aromatic N) is 1. The predicted molar refractivity (Wildman–Crippen MR) is 60.0 cm³/mol. The van der Waals surface area contributed by atoms with Crippen LogP contribution in [0.2, 0.25) is 0 Å². The summed E-state index contributed by atoms with van der Waals surface area (Å²) in [6, 6.07) is 0. The van der Waals surface area contributed by atoms with E-state index in [0.717, 1.165) is 19.5 Å². The minimum absolute atomic E-state index is 0.177. The molecule has 92 valence electrons. The number of ether oxygens (including phenoxy) is 1. The van der Waals surface area contributed by atoms with Crippen LogP contribution < -0.4 is 0 Å². The van der Waals surface area contributed by atoms with Gasteiger partial charge in [-0.2, -0.15) is 0 Å². The van der Waals surface area contributed by atoms with Crippen molar-refractivity contribution in [2.24, 2.45) is 11.3 Å². The van der Waals surface area contributed by atoms with E-state index in [1.807, 2.05) is 20.8 Å². The number of carbonyl (C=O) groups excluding carboxylic acids is 1. The summed E-state index contributed by atoms with van der Waals surface area (Å²) in [5.41, 5.74) is -0.249. The van der Waals surface area contributed by atoms with Crippen LogP contribution in [-0.4, -0.2) is 40.9 Å². The molecule has 0 bridgehead atoms. The Kier molecular flexibility index (Phi) is 2.46. The molecule has 0 unspecified atom stereocenters. The minimum Gasteiger partial charge on any atom is -0.444 e. The summed E-state index contributed by atoms with van der Waals surface area (Å²) in [5, 5.41) is 9.49.